The third kappa shape index (κ3) is 2.31. The Balaban J connectivity index is 1.96. The smallest absolute Gasteiger partial charge is 0.320 e. The molecule has 0 unspecified atom stereocenters. The highest BCUT2D eigenvalue weighted by Gasteiger charge is 2.62. The van der Waals surface area contributed by atoms with Crippen LogP contribution < -0.4 is 0 Å². The van der Waals surface area contributed by atoms with E-state index in [4.69, 9.17) is 4.74 Å². The van der Waals surface area contributed by atoms with Crippen LogP contribution in [0.4, 0.5) is 0 Å². The summed E-state index contributed by atoms with van der Waals surface area (Å²) in [5.74, 6) is 0.682. The van der Waals surface area contributed by atoms with E-state index in [0.717, 1.165) is 25.4 Å². The lowest BCUT2D eigenvalue weighted by atomic mass is 9.70. The third-order valence-corrected chi connectivity index (χ3v) is 6.23. The fraction of sp³-hybridized carbons (Fsp3) is 0.938. The van der Waals surface area contributed by atoms with Gasteiger partial charge in [-0.25, -0.2) is 0 Å². The molecule has 2 saturated carbocycles. The number of ether oxygens (including phenoxy) is 1. The molecule has 2 aliphatic rings. The van der Waals surface area contributed by atoms with Crippen LogP contribution in [0.15, 0.2) is 0 Å². The second-order valence-electron chi connectivity index (χ2n) is 7.05. The SMILES string of the molecule is CCN(CC)CC(=O)O[C@H]1C[C@@H]2CC[C@]1(C)C2(C)C. The van der Waals surface area contributed by atoms with Crippen LogP contribution in [0.25, 0.3) is 0 Å². The van der Waals surface area contributed by atoms with E-state index in [1.54, 1.807) is 0 Å². The van der Waals surface area contributed by atoms with Gasteiger partial charge in [-0.3, -0.25) is 9.69 Å². The summed E-state index contributed by atoms with van der Waals surface area (Å²) in [4.78, 5) is 14.2. The van der Waals surface area contributed by atoms with E-state index < -0.39 is 0 Å². The second-order valence-corrected chi connectivity index (χ2v) is 7.05. The highest BCUT2D eigenvalue weighted by Crippen LogP contribution is 2.66. The molecule has 0 spiro atoms. The van der Waals surface area contributed by atoms with Crippen LogP contribution in [0, 0.1) is 16.7 Å². The Kier molecular flexibility index (Phi) is 3.97. The molecule has 2 rings (SSSR count). The molecule has 0 N–H and O–H groups in total. The summed E-state index contributed by atoms with van der Waals surface area (Å²) in [7, 11) is 0. The van der Waals surface area contributed by atoms with Crippen molar-refractivity contribution >= 4 is 5.97 Å². The number of rotatable bonds is 5. The molecule has 110 valence electrons. The van der Waals surface area contributed by atoms with Crippen molar-refractivity contribution in [1.82, 2.24) is 4.90 Å². The van der Waals surface area contributed by atoms with Gasteiger partial charge in [0, 0.05) is 5.41 Å². The summed E-state index contributed by atoms with van der Waals surface area (Å²) >= 11 is 0. The van der Waals surface area contributed by atoms with Crippen molar-refractivity contribution in [2.45, 2.75) is 60.0 Å². The van der Waals surface area contributed by atoms with Crippen LogP contribution in [0.1, 0.15) is 53.9 Å². The van der Waals surface area contributed by atoms with E-state index in [9.17, 15) is 4.79 Å². The monoisotopic (exact) mass is 267 g/mol. The zero-order valence-electron chi connectivity index (χ0n) is 13.2. The molecular weight excluding hydrogens is 238 g/mol. The molecule has 0 saturated heterocycles. The predicted molar refractivity (Wildman–Crippen MR) is 76.9 cm³/mol. The minimum absolute atomic E-state index is 0.0433. The van der Waals surface area contributed by atoms with Gasteiger partial charge in [-0.2, -0.15) is 0 Å². The molecule has 19 heavy (non-hydrogen) atoms. The van der Waals surface area contributed by atoms with Gasteiger partial charge in [0.05, 0.1) is 6.54 Å². The van der Waals surface area contributed by atoms with Crippen LogP contribution in [-0.2, 0) is 9.53 Å². The van der Waals surface area contributed by atoms with Gasteiger partial charge < -0.3 is 4.74 Å². The fourth-order valence-electron chi connectivity index (χ4n) is 4.13. The van der Waals surface area contributed by atoms with Gasteiger partial charge in [0.25, 0.3) is 0 Å². The Bertz CT molecular complexity index is 349. The summed E-state index contributed by atoms with van der Waals surface area (Å²) in [6.07, 6.45) is 3.69. The van der Waals surface area contributed by atoms with Crippen molar-refractivity contribution in [3.05, 3.63) is 0 Å². The van der Waals surface area contributed by atoms with Gasteiger partial charge in [0.1, 0.15) is 6.10 Å². The van der Waals surface area contributed by atoms with Crippen LogP contribution in [0.5, 0.6) is 0 Å². The second kappa shape index (κ2) is 5.08. The molecular formula is C16H29NO2. The van der Waals surface area contributed by atoms with Crippen molar-refractivity contribution < 1.29 is 9.53 Å². The average Bonchev–Trinajstić information content (AvgIpc) is 2.69. The lowest BCUT2D eigenvalue weighted by Gasteiger charge is -2.38. The van der Waals surface area contributed by atoms with Crippen molar-refractivity contribution in [2.75, 3.05) is 19.6 Å². The summed E-state index contributed by atoms with van der Waals surface area (Å²) in [6, 6.07) is 0. The minimum Gasteiger partial charge on any atom is -0.461 e. The zero-order chi connectivity index (χ0) is 14.3. The van der Waals surface area contributed by atoms with E-state index in [0.29, 0.717) is 12.0 Å². The number of esters is 1. The molecule has 3 atom stereocenters. The lowest BCUT2D eigenvalue weighted by Crippen LogP contribution is -2.40. The van der Waals surface area contributed by atoms with E-state index >= 15 is 0 Å². The highest BCUT2D eigenvalue weighted by molar-refractivity contribution is 5.72. The summed E-state index contributed by atoms with van der Waals surface area (Å²) in [5, 5.41) is 0. The molecule has 2 fully saturated rings. The molecule has 0 radical (unpaired) electrons. The van der Waals surface area contributed by atoms with Gasteiger partial charge in [0.2, 0.25) is 0 Å². The first-order chi connectivity index (χ1) is 8.85. The Labute approximate surface area is 117 Å². The Morgan fingerprint density at radius 1 is 1.26 bits per heavy atom. The van der Waals surface area contributed by atoms with Gasteiger partial charge in [-0.15, -0.1) is 0 Å². The number of hydrogen-bond acceptors (Lipinski definition) is 3. The predicted octanol–water partition coefficient (Wildman–Crippen LogP) is 3.09. The topological polar surface area (TPSA) is 29.5 Å². The van der Waals surface area contributed by atoms with Gasteiger partial charge in [-0.1, -0.05) is 34.6 Å². The number of likely N-dealkylation sites (N-methyl/N-ethyl adjacent to an activating group) is 1. The first-order valence-electron chi connectivity index (χ1n) is 7.77. The molecule has 0 aromatic rings. The largest absolute Gasteiger partial charge is 0.461 e. The molecule has 0 aliphatic heterocycles. The van der Waals surface area contributed by atoms with Gasteiger partial charge >= 0.3 is 5.97 Å². The Morgan fingerprint density at radius 2 is 1.89 bits per heavy atom. The summed E-state index contributed by atoms with van der Waals surface area (Å²) in [5.41, 5.74) is 0.490. The number of hydrogen-bond donors (Lipinski definition) is 0. The van der Waals surface area contributed by atoms with E-state index in [1.807, 2.05) is 0 Å². The van der Waals surface area contributed by atoms with Gasteiger partial charge in [0.15, 0.2) is 0 Å². The molecule has 0 aromatic heterocycles. The summed E-state index contributed by atoms with van der Waals surface area (Å²) < 4.78 is 5.84. The molecule has 0 amide bonds. The van der Waals surface area contributed by atoms with Gasteiger partial charge in [-0.05, 0) is 43.7 Å². The highest BCUT2D eigenvalue weighted by atomic mass is 16.5. The van der Waals surface area contributed by atoms with Crippen LogP contribution in [0.2, 0.25) is 0 Å². The van der Waals surface area contributed by atoms with E-state index in [1.165, 1.54) is 12.8 Å². The molecule has 0 aromatic carbocycles. The summed E-state index contributed by atoms with van der Waals surface area (Å²) in [6.45, 7) is 13.4. The number of nitrogens with zero attached hydrogens (tertiary/aromatic N) is 1. The molecule has 3 heteroatoms. The molecule has 2 aliphatic carbocycles. The van der Waals surface area contributed by atoms with Crippen LogP contribution in [0.3, 0.4) is 0 Å². The van der Waals surface area contributed by atoms with Crippen LogP contribution >= 0.6 is 0 Å². The minimum atomic E-state index is -0.0433. The first-order valence-corrected chi connectivity index (χ1v) is 7.77. The number of carbonyl (C=O) groups excluding carboxylic acids is 1. The van der Waals surface area contributed by atoms with Crippen molar-refractivity contribution in [3.8, 4) is 0 Å². The van der Waals surface area contributed by atoms with E-state index in [-0.39, 0.29) is 17.5 Å². The standard InChI is InChI=1S/C16H29NO2/c1-6-17(7-2)11-14(18)19-13-10-12-8-9-16(13,5)15(12,3)4/h12-13H,6-11H2,1-5H3/t12-,13-,16-/m0/s1. The van der Waals surface area contributed by atoms with Crippen molar-refractivity contribution in [2.24, 2.45) is 16.7 Å². The first kappa shape index (κ1) is 14.8. The van der Waals surface area contributed by atoms with Crippen molar-refractivity contribution in [3.63, 3.8) is 0 Å². The number of fused-ring (bicyclic) bond motifs is 2. The fourth-order valence-corrected chi connectivity index (χ4v) is 4.13. The third-order valence-electron chi connectivity index (χ3n) is 6.23. The lowest BCUT2D eigenvalue weighted by molar-refractivity contribution is -0.158. The molecule has 0 heterocycles. The molecule has 3 nitrogen and oxygen atoms in total. The quantitative estimate of drug-likeness (QED) is 0.717. The van der Waals surface area contributed by atoms with E-state index in [2.05, 4.69) is 39.5 Å². The maximum atomic E-state index is 12.1. The molecule has 2 bridgehead atoms. The maximum absolute atomic E-state index is 12.1. The number of carbonyl (C=O) groups is 1. The average molecular weight is 267 g/mol. The maximum Gasteiger partial charge on any atom is 0.320 e. The Morgan fingerprint density at radius 3 is 2.32 bits per heavy atom. The van der Waals surface area contributed by atoms with Crippen molar-refractivity contribution in [1.29, 1.82) is 0 Å². The normalized spacial score (nSPS) is 35.9. The van der Waals surface area contributed by atoms with Crippen LogP contribution in [-0.4, -0.2) is 36.6 Å². The Hall–Kier alpha value is -0.570. The zero-order valence-corrected chi connectivity index (χ0v) is 13.2.